The van der Waals surface area contributed by atoms with Crippen molar-refractivity contribution < 1.29 is 4.79 Å². The maximum Gasteiger partial charge on any atom is 0.223 e. The van der Waals surface area contributed by atoms with Crippen LogP contribution in [0.25, 0.3) is 0 Å². The number of carbonyl (C=O) groups excluding carboxylic acids is 1. The van der Waals surface area contributed by atoms with Gasteiger partial charge in [-0.1, -0.05) is 27.7 Å². The molecule has 13 heavy (non-hydrogen) atoms. The Kier molecular flexibility index (Phi) is 5.13. The second-order valence-corrected chi connectivity index (χ2v) is 3.97. The van der Waals surface area contributed by atoms with Crippen molar-refractivity contribution in [3.63, 3.8) is 0 Å². The third-order valence-corrected chi connectivity index (χ3v) is 1.70. The van der Waals surface area contributed by atoms with E-state index in [2.05, 4.69) is 11.4 Å². The van der Waals surface area contributed by atoms with Crippen molar-refractivity contribution in [2.45, 2.75) is 40.2 Å². The summed E-state index contributed by atoms with van der Waals surface area (Å²) in [6.45, 7) is 7.70. The fourth-order valence-electron chi connectivity index (χ4n) is 0.954. The highest BCUT2D eigenvalue weighted by Gasteiger charge is 2.14. The van der Waals surface area contributed by atoms with E-state index in [1.807, 2.05) is 27.7 Å². The Morgan fingerprint density at radius 2 is 1.92 bits per heavy atom. The number of amides is 1. The summed E-state index contributed by atoms with van der Waals surface area (Å²) in [5, 5.41) is 11.4. The summed E-state index contributed by atoms with van der Waals surface area (Å²) >= 11 is 0. The Bertz CT molecular complexity index is 203. The molecule has 0 radical (unpaired) electrons. The van der Waals surface area contributed by atoms with Gasteiger partial charge < -0.3 is 5.32 Å². The zero-order valence-electron chi connectivity index (χ0n) is 8.79. The van der Waals surface area contributed by atoms with E-state index < -0.39 is 0 Å². The average molecular weight is 182 g/mol. The molecule has 0 aromatic heterocycles. The smallest absolute Gasteiger partial charge is 0.223 e. The number of rotatable bonds is 4. The van der Waals surface area contributed by atoms with Crippen LogP contribution in [0, 0.1) is 23.2 Å². The van der Waals surface area contributed by atoms with E-state index >= 15 is 0 Å². The summed E-state index contributed by atoms with van der Waals surface area (Å²) in [4.78, 5) is 11.2. The minimum Gasteiger partial charge on any atom is -0.340 e. The molecular weight excluding hydrogens is 164 g/mol. The first-order valence-corrected chi connectivity index (χ1v) is 4.67. The second-order valence-electron chi connectivity index (χ2n) is 3.97. The molecule has 0 saturated heterocycles. The summed E-state index contributed by atoms with van der Waals surface area (Å²) in [7, 11) is 0. The van der Waals surface area contributed by atoms with Crippen LogP contribution < -0.4 is 5.32 Å². The molecule has 0 bridgehead atoms. The standard InChI is InChI=1S/C10H18N2O/c1-7(2)5-9(6-11)12-10(13)8(3)4/h7-9H,5H2,1-4H3,(H,12,13). The first-order valence-electron chi connectivity index (χ1n) is 4.67. The zero-order valence-corrected chi connectivity index (χ0v) is 8.79. The number of nitrogens with one attached hydrogen (secondary N) is 1. The minimum absolute atomic E-state index is 0.0489. The van der Waals surface area contributed by atoms with Crippen LogP contribution >= 0.6 is 0 Å². The summed E-state index contributed by atoms with van der Waals surface area (Å²) in [5.41, 5.74) is 0. The molecule has 3 nitrogen and oxygen atoms in total. The molecule has 3 heteroatoms. The topological polar surface area (TPSA) is 52.9 Å². The van der Waals surface area contributed by atoms with Crippen molar-refractivity contribution in [1.82, 2.24) is 5.32 Å². The molecule has 0 aromatic carbocycles. The van der Waals surface area contributed by atoms with E-state index in [0.717, 1.165) is 6.42 Å². The fourth-order valence-corrected chi connectivity index (χ4v) is 0.954. The molecule has 0 aliphatic rings. The van der Waals surface area contributed by atoms with E-state index in [9.17, 15) is 4.79 Å². The Morgan fingerprint density at radius 3 is 2.23 bits per heavy atom. The summed E-state index contributed by atoms with van der Waals surface area (Å²) < 4.78 is 0. The van der Waals surface area contributed by atoms with Crippen LogP contribution in [0.15, 0.2) is 0 Å². The highest BCUT2D eigenvalue weighted by atomic mass is 16.1. The number of hydrogen-bond donors (Lipinski definition) is 1. The molecule has 1 atom stereocenters. The number of nitriles is 1. The lowest BCUT2D eigenvalue weighted by Gasteiger charge is -2.14. The van der Waals surface area contributed by atoms with Crippen molar-refractivity contribution in [1.29, 1.82) is 5.26 Å². The van der Waals surface area contributed by atoms with Crippen LogP contribution in [-0.2, 0) is 4.79 Å². The Labute approximate surface area is 80.1 Å². The SMILES string of the molecule is CC(C)CC(C#N)NC(=O)C(C)C. The van der Waals surface area contributed by atoms with E-state index in [1.165, 1.54) is 0 Å². The van der Waals surface area contributed by atoms with Crippen molar-refractivity contribution in [2.24, 2.45) is 11.8 Å². The summed E-state index contributed by atoms with van der Waals surface area (Å²) in [6, 6.07) is 1.75. The molecule has 1 amide bonds. The maximum atomic E-state index is 11.2. The maximum absolute atomic E-state index is 11.2. The average Bonchev–Trinajstić information content (AvgIpc) is 2.02. The predicted octanol–water partition coefficient (Wildman–Crippen LogP) is 1.70. The van der Waals surface area contributed by atoms with Crippen LogP contribution in [-0.4, -0.2) is 11.9 Å². The van der Waals surface area contributed by atoms with E-state index in [1.54, 1.807) is 0 Å². The third kappa shape index (κ3) is 5.24. The van der Waals surface area contributed by atoms with Gasteiger partial charge in [-0.05, 0) is 12.3 Å². The number of carbonyl (C=O) groups is 1. The van der Waals surface area contributed by atoms with Gasteiger partial charge in [0, 0.05) is 5.92 Å². The van der Waals surface area contributed by atoms with Crippen LogP contribution in [0.3, 0.4) is 0 Å². The Morgan fingerprint density at radius 1 is 1.38 bits per heavy atom. The van der Waals surface area contributed by atoms with Gasteiger partial charge in [-0.15, -0.1) is 0 Å². The molecule has 74 valence electrons. The zero-order chi connectivity index (χ0) is 10.4. The summed E-state index contributed by atoms with van der Waals surface area (Å²) in [6.07, 6.45) is 0.717. The first-order chi connectivity index (χ1) is 5.97. The van der Waals surface area contributed by atoms with Crippen molar-refractivity contribution >= 4 is 5.91 Å². The van der Waals surface area contributed by atoms with Gasteiger partial charge in [0.25, 0.3) is 0 Å². The molecule has 1 unspecified atom stereocenters. The minimum atomic E-state index is -0.338. The van der Waals surface area contributed by atoms with Crippen molar-refractivity contribution in [3.8, 4) is 6.07 Å². The monoisotopic (exact) mass is 182 g/mol. The Balaban J connectivity index is 4.00. The lowest BCUT2D eigenvalue weighted by molar-refractivity contribution is -0.124. The molecule has 0 aliphatic heterocycles. The van der Waals surface area contributed by atoms with Gasteiger partial charge in [-0.25, -0.2) is 0 Å². The third-order valence-electron chi connectivity index (χ3n) is 1.70. The number of nitrogens with zero attached hydrogens (tertiary/aromatic N) is 1. The van der Waals surface area contributed by atoms with E-state index in [-0.39, 0.29) is 17.9 Å². The molecule has 1 N–H and O–H groups in total. The molecular formula is C10H18N2O. The fraction of sp³-hybridized carbons (Fsp3) is 0.800. The Hall–Kier alpha value is -1.04. The highest BCUT2D eigenvalue weighted by Crippen LogP contribution is 2.04. The quantitative estimate of drug-likeness (QED) is 0.719. The van der Waals surface area contributed by atoms with Crippen LogP contribution in [0.4, 0.5) is 0 Å². The summed E-state index contributed by atoms with van der Waals surface area (Å²) in [5.74, 6) is 0.326. The van der Waals surface area contributed by atoms with Gasteiger partial charge in [0.2, 0.25) is 5.91 Å². The van der Waals surface area contributed by atoms with Gasteiger partial charge in [-0.3, -0.25) is 4.79 Å². The largest absolute Gasteiger partial charge is 0.340 e. The predicted molar refractivity (Wildman–Crippen MR) is 51.8 cm³/mol. The van der Waals surface area contributed by atoms with Crippen LogP contribution in [0.1, 0.15) is 34.1 Å². The van der Waals surface area contributed by atoms with Crippen LogP contribution in [0.2, 0.25) is 0 Å². The molecule has 0 spiro atoms. The molecule has 0 heterocycles. The second kappa shape index (κ2) is 5.58. The normalized spacial score (nSPS) is 12.7. The molecule has 0 rings (SSSR count). The van der Waals surface area contributed by atoms with Gasteiger partial charge >= 0.3 is 0 Å². The van der Waals surface area contributed by atoms with Crippen LogP contribution in [0.5, 0.6) is 0 Å². The lowest BCUT2D eigenvalue weighted by Crippen LogP contribution is -2.37. The van der Waals surface area contributed by atoms with Crippen molar-refractivity contribution in [3.05, 3.63) is 0 Å². The van der Waals surface area contributed by atoms with Gasteiger partial charge in [0.1, 0.15) is 6.04 Å². The van der Waals surface area contributed by atoms with E-state index in [0.29, 0.717) is 5.92 Å². The van der Waals surface area contributed by atoms with Crippen molar-refractivity contribution in [2.75, 3.05) is 0 Å². The van der Waals surface area contributed by atoms with E-state index in [4.69, 9.17) is 5.26 Å². The molecule has 0 fully saturated rings. The number of hydrogen-bond acceptors (Lipinski definition) is 2. The van der Waals surface area contributed by atoms with Gasteiger partial charge in [0.15, 0.2) is 0 Å². The van der Waals surface area contributed by atoms with Gasteiger partial charge in [-0.2, -0.15) is 5.26 Å². The lowest BCUT2D eigenvalue weighted by atomic mass is 10.0. The molecule has 0 aliphatic carbocycles. The van der Waals surface area contributed by atoms with Gasteiger partial charge in [0.05, 0.1) is 6.07 Å². The molecule has 0 aromatic rings. The molecule has 0 saturated carbocycles. The highest BCUT2D eigenvalue weighted by molar-refractivity contribution is 5.78. The first kappa shape index (κ1) is 12.0.